The fourth-order valence-corrected chi connectivity index (χ4v) is 3.71. The van der Waals surface area contributed by atoms with E-state index in [4.69, 9.17) is 14.0 Å². The average Bonchev–Trinajstić information content (AvgIpc) is 2.98. The number of nitrogens with zero attached hydrogens (tertiary/aromatic N) is 2. The summed E-state index contributed by atoms with van der Waals surface area (Å²) in [5.74, 6) is 1.52. The highest BCUT2D eigenvalue weighted by Crippen LogP contribution is 2.29. The molecule has 0 atom stereocenters. The third kappa shape index (κ3) is 5.33. The molecule has 1 aromatic carbocycles. The van der Waals surface area contributed by atoms with Crippen LogP contribution in [0, 0.1) is 13.8 Å². The third-order valence-corrected chi connectivity index (χ3v) is 5.19. The van der Waals surface area contributed by atoms with Gasteiger partial charge in [0.15, 0.2) is 0 Å². The Morgan fingerprint density at radius 2 is 1.81 bits per heavy atom. The molecule has 0 fully saturated rings. The largest absolute Gasteiger partial charge is 0.383 e. The highest BCUT2D eigenvalue weighted by atomic mass is 32.2. The summed E-state index contributed by atoms with van der Waals surface area (Å²) in [6.45, 7) is 5.88. The minimum absolute atomic E-state index is 0.0130. The molecule has 26 heavy (non-hydrogen) atoms. The molecule has 0 bridgehead atoms. The third-order valence-electron chi connectivity index (χ3n) is 4.09. The molecule has 0 saturated carbocycles. The van der Waals surface area contributed by atoms with E-state index in [9.17, 15) is 4.79 Å². The number of aromatic nitrogens is 1. The summed E-state index contributed by atoms with van der Waals surface area (Å²) in [4.78, 5) is 15.8. The second kappa shape index (κ2) is 10.4. The summed E-state index contributed by atoms with van der Waals surface area (Å²) in [5, 5.41) is 3.99. The summed E-state index contributed by atoms with van der Waals surface area (Å²) in [7, 11) is 3.26. The van der Waals surface area contributed by atoms with Gasteiger partial charge in [0.05, 0.1) is 24.5 Å². The van der Waals surface area contributed by atoms with Crippen LogP contribution in [0.1, 0.15) is 27.4 Å². The van der Waals surface area contributed by atoms with Gasteiger partial charge in [0.2, 0.25) is 0 Å². The highest BCUT2D eigenvalue weighted by molar-refractivity contribution is 7.98. The number of hydrogen-bond donors (Lipinski definition) is 0. The number of amides is 1. The molecular weight excluding hydrogens is 352 g/mol. The standard InChI is InChI=1S/C19H26N2O4S/c1-14-17(15(2)25-20-14)13-26-18-8-6-5-7-16(18)19(22)21(9-11-23-3)10-12-24-4/h5-8H,9-13H2,1-4H3. The molecule has 6 nitrogen and oxygen atoms in total. The molecule has 0 saturated heterocycles. The Bertz CT molecular complexity index is 690. The summed E-state index contributed by atoms with van der Waals surface area (Å²) < 4.78 is 15.5. The van der Waals surface area contributed by atoms with Crippen molar-refractivity contribution in [3.63, 3.8) is 0 Å². The van der Waals surface area contributed by atoms with Gasteiger partial charge in [-0.05, 0) is 26.0 Å². The van der Waals surface area contributed by atoms with Crippen molar-refractivity contribution in [1.82, 2.24) is 10.1 Å². The minimum atomic E-state index is -0.0130. The number of carbonyl (C=O) groups excluding carboxylic acids is 1. The van der Waals surface area contributed by atoms with E-state index in [2.05, 4.69) is 5.16 Å². The SMILES string of the molecule is COCCN(CCOC)C(=O)c1ccccc1SCc1c(C)noc1C. The maximum atomic E-state index is 13.0. The molecule has 0 N–H and O–H groups in total. The van der Waals surface area contributed by atoms with Gasteiger partial charge in [-0.1, -0.05) is 17.3 Å². The van der Waals surface area contributed by atoms with Crippen molar-refractivity contribution >= 4 is 17.7 Å². The molecule has 0 aliphatic heterocycles. The van der Waals surface area contributed by atoms with Gasteiger partial charge < -0.3 is 18.9 Å². The normalized spacial score (nSPS) is 10.9. The van der Waals surface area contributed by atoms with Crippen LogP contribution >= 0.6 is 11.8 Å². The van der Waals surface area contributed by atoms with Crippen LogP contribution in [0.25, 0.3) is 0 Å². The van der Waals surface area contributed by atoms with E-state index in [-0.39, 0.29) is 5.91 Å². The Hall–Kier alpha value is -1.83. The van der Waals surface area contributed by atoms with Crippen LogP contribution in [0.5, 0.6) is 0 Å². The first-order valence-corrected chi connectivity index (χ1v) is 9.47. The quantitative estimate of drug-likeness (QED) is 0.591. The van der Waals surface area contributed by atoms with Crippen LogP contribution < -0.4 is 0 Å². The van der Waals surface area contributed by atoms with Gasteiger partial charge in [-0.3, -0.25) is 4.79 Å². The summed E-state index contributed by atoms with van der Waals surface area (Å²) in [5.41, 5.74) is 2.66. The number of hydrogen-bond acceptors (Lipinski definition) is 6. The van der Waals surface area contributed by atoms with E-state index in [1.54, 1.807) is 30.9 Å². The van der Waals surface area contributed by atoms with Crippen molar-refractivity contribution in [3.8, 4) is 0 Å². The summed E-state index contributed by atoms with van der Waals surface area (Å²) in [6.07, 6.45) is 0. The molecule has 0 radical (unpaired) electrons. The van der Waals surface area contributed by atoms with Crippen LogP contribution in [-0.2, 0) is 15.2 Å². The summed E-state index contributed by atoms with van der Waals surface area (Å²) >= 11 is 1.62. The second-order valence-corrected chi connectivity index (χ2v) is 6.88. The first kappa shape index (κ1) is 20.5. The number of benzene rings is 1. The van der Waals surface area contributed by atoms with Gasteiger partial charge in [-0.25, -0.2) is 0 Å². The molecule has 2 aromatic rings. The maximum Gasteiger partial charge on any atom is 0.255 e. The Balaban J connectivity index is 2.16. The lowest BCUT2D eigenvalue weighted by Gasteiger charge is -2.23. The molecule has 1 aromatic heterocycles. The monoisotopic (exact) mass is 378 g/mol. The Labute approximate surface area is 158 Å². The zero-order valence-electron chi connectivity index (χ0n) is 15.8. The molecule has 2 rings (SSSR count). The number of ether oxygens (including phenoxy) is 2. The maximum absolute atomic E-state index is 13.0. The predicted molar refractivity (Wildman–Crippen MR) is 102 cm³/mol. The van der Waals surface area contributed by atoms with Crippen LogP contribution in [0.3, 0.4) is 0 Å². The molecule has 0 spiro atoms. The molecule has 0 aliphatic carbocycles. The molecule has 7 heteroatoms. The van der Waals surface area contributed by atoms with Crippen LogP contribution in [0.2, 0.25) is 0 Å². The molecule has 0 aliphatic rings. The smallest absolute Gasteiger partial charge is 0.255 e. The molecule has 1 amide bonds. The number of thioether (sulfide) groups is 1. The van der Waals surface area contributed by atoms with Crippen LogP contribution in [0.15, 0.2) is 33.7 Å². The minimum Gasteiger partial charge on any atom is -0.383 e. The fourth-order valence-electron chi connectivity index (χ4n) is 2.52. The molecular formula is C19H26N2O4S. The van der Waals surface area contributed by atoms with E-state index >= 15 is 0 Å². The van der Waals surface area contributed by atoms with Crippen molar-refractivity contribution in [2.75, 3.05) is 40.5 Å². The van der Waals surface area contributed by atoms with Crippen molar-refractivity contribution in [1.29, 1.82) is 0 Å². The lowest BCUT2D eigenvalue weighted by molar-refractivity contribution is 0.0624. The van der Waals surface area contributed by atoms with E-state index in [1.807, 2.05) is 38.1 Å². The lowest BCUT2D eigenvalue weighted by atomic mass is 10.2. The zero-order chi connectivity index (χ0) is 18.9. The Morgan fingerprint density at radius 1 is 1.15 bits per heavy atom. The Kier molecular flexibility index (Phi) is 8.15. The topological polar surface area (TPSA) is 64.8 Å². The van der Waals surface area contributed by atoms with Gasteiger partial charge >= 0.3 is 0 Å². The number of rotatable bonds is 10. The second-order valence-electron chi connectivity index (χ2n) is 5.87. The molecule has 0 unspecified atom stereocenters. The number of carbonyl (C=O) groups is 1. The van der Waals surface area contributed by atoms with Crippen molar-refractivity contribution in [2.24, 2.45) is 0 Å². The highest BCUT2D eigenvalue weighted by Gasteiger charge is 2.19. The van der Waals surface area contributed by atoms with E-state index in [0.29, 0.717) is 37.6 Å². The number of methoxy groups -OCH3 is 2. The van der Waals surface area contributed by atoms with Crippen LogP contribution in [0.4, 0.5) is 0 Å². The zero-order valence-corrected chi connectivity index (χ0v) is 16.6. The molecule has 1 heterocycles. The van der Waals surface area contributed by atoms with Gasteiger partial charge in [0.25, 0.3) is 5.91 Å². The summed E-state index contributed by atoms with van der Waals surface area (Å²) in [6, 6.07) is 7.67. The van der Waals surface area contributed by atoms with Gasteiger partial charge in [-0.2, -0.15) is 0 Å². The van der Waals surface area contributed by atoms with Crippen molar-refractivity contribution in [2.45, 2.75) is 24.5 Å². The van der Waals surface area contributed by atoms with Gasteiger partial charge in [0.1, 0.15) is 5.76 Å². The lowest BCUT2D eigenvalue weighted by Crippen LogP contribution is -2.36. The van der Waals surface area contributed by atoms with Crippen molar-refractivity contribution in [3.05, 3.63) is 46.8 Å². The average molecular weight is 378 g/mol. The first-order valence-electron chi connectivity index (χ1n) is 8.49. The molecule has 142 valence electrons. The van der Waals surface area contributed by atoms with E-state index in [0.717, 1.165) is 21.9 Å². The van der Waals surface area contributed by atoms with E-state index < -0.39 is 0 Å². The Morgan fingerprint density at radius 3 is 2.38 bits per heavy atom. The van der Waals surface area contributed by atoms with Gasteiger partial charge in [-0.15, -0.1) is 11.8 Å². The number of aryl methyl sites for hydroxylation is 2. The first-order chi connectivity index (χ1) is 12.6. The fraction of sp³-hybridized carbons (Fsp3) is 0.474. The van der Waals surface area contributed by atoms with E-state index in [1.165, 1.54) is 0 Å². The van der Waals surface area contributed by atoms with Crippen molar-refractivity contribution < 1.29 is 18.8 Å². The van der Waals surface area contributed by atoms with Gasteiger partial charge in [0, 0.05) is 43.5 Å². The van der Waals surface area contributed by atoms with Crippen LogP contribution in [-0.4, -0.2) is 56.5 Å². The predicted octanol–water partition coefficient (Wildman–Crippen LogP) is 3.32.